The molecule has 3 fully saturated rings. The van der Waals surface area contributed by atoms with E-state index in [0.29, 0.717) is 30.4 Å². The number of carbonyl (C=O) groups excluding carboxylic acids is 1. The Morgan fingerprint density at radius 3 is 2.77 bits per heavy atom. The maximum atomic E-state index is 17.1. The van der Waals surface area contributed by atoms with Crippen LogP contribution in [-0.2, 0) is 15.7 Å². The number of benzene rings is 2. The van der Waals surface area contributed by atoms with Gasteiger partial charge in [0, 0.05) is 44.0 Å². The summed E-state index contributed by atoms with van der Waals surface area (Å²) < 4.78 is 109. The Balaban J connectivity index is 1.43. The lowest BCUT2D eigenvalue weighted by Crippen LogP contribution is -2.44. The summed E-state index contributed by atoms with van der Waals surface area (Å²) in [4.78, 5) is 24.6. The molecule has 5 heterocycles. The fourth-order valence-electron chi connectivity index (χ4n) is 7.84. The van der Waals surface area contributed by atoms with Crippen LogP contribution < -0.4 is 15.2 Å². The summed E-state index contributed by atoms with van der Waals surface area (Å²) in [6, 6.07) is 3.13. The highest BCUT2D eigenvalue weighted by Crippen LogP contribution is 2.48. The average molecular weight is 747 g/mol. The van der Waals surface area contributed by atoms with Gasteiger partial charge in [0.05, 0.1) is 39.4 Å². The third kappa shape index (κ3) is 5.96. The SMILES string of the molecule is C=CC(=O)N1CC[C@@H](Oc2nc(OC[C@@]34CCCN3C[C@H](F)C4)nc3c(F)c(-c4ccc(F)c5sc(N)c(C#N)c45)c(C(F)(F)F)cc23)[C@@H]1COC. The van der Waals surface area contributed by atoms with Gasteiger partial charge in [0.15, 0.2) is 5.82 Å². The average Bonchev–Trinajstić information content (AvgIpc) is 3.85. The lowest BCUT2D eigenvalue weighted by molar-refractivity contribution is -0.137. The van der Waals surface area contributed by atoms with E-state index in [1.807, 2.05) is 4.90 Å². The van der Waals surface area contributed by atoms with Crippen molar-refractivity contribution in [2.45, 2.75) is 55.7 Å². The maximum absolute atomic E-state index is 17.1. The highest BCUT2D eigenvalue weighted by molar-refractivity contribution is 7.23. The summed E-state index contributed by atoms with van der Waals surface area (Å²) in [5, 5.41) is 8.93. The standard InChI is InChI=1S/C35H32F6N6O4S/c1-3-25(48)47-10-7-24(23(47)15-49-2)51-32-19-11-21(35(39,40)41)27(18-5-6-22(37)30-26(18)20(13-42)31(43)52-30)28(38)29(19)44-33(45-32)50-16-34-8-4-9-46(34)14-17(36)12-34/h3,5-6,11,17,23-24H,1,4,7-10,12,14-16,43H2,2H3/t17-,23+,24-,34+/m1/s1. The maximum Gasteiger partial charge on any atom is 0.417 e. The van der Waals surface area contributed by atoms with E-state index in [1.54, 1.807) is 6.07 Å². The summed E-state index contributed by atoms with van der Waals surface area (Å²) in [6.07, 6.45) is -4.17. The number of amides is 1. The van der Waals surface area contributed by atoms with Crippen LogP contribution in [-0.4, -0.2) is 89.5 Å². The number of hydrogen-bond donors (Lipinski definition) is 1. The van der Waals surface area contributed by atoms with Gasteiger partial charge in [-0.05, 0) is 43.2 Å². The number of halogens is 6. The molecule has 7 rings (SSSR count). The van der Waals surface area contributed by atoms with E-state index in [-0.39, 0.29) is 59.8 Å². The minimum absolute atomic E-state index is 0.00273. The zero-order valence-corrected chi connectivity index (χ0v) is 28.6. The van der Waals surface area contributed by atoms with Gasteiger partial charge >= 0.3 is 12.2 Å². The first-order valence-electron chi connectivity index (χ1n) is 16.4. The highest BCUT2D eigenvalue weighted by atomic mass is 32.1. The van der Waals surface area contributed by atoms with Crippen molar-refractivity contribution in [2.75, 3.05) is 45.7 Å². The Labute approximate surface area is 297 Å². The summed E-state index contributed by atoms with van der Waals surface area (Å²) in [5.41, 5.74) is 1.47. The van der Waals surface area contributed by atoms with E-state index in [1.165, 1.54) is 12.0 Å². The van der Waals surface area contributed by atoms with E-state index >= 15 is 4.39 Å². The molecule has 3 aliphatic rings. The zero-order valence-electron chi connectivity index (χ0n) is 27.7. The summed E-state index contributed by atoms with van der Waals surface area (Å²) >= 11 is 0.654. The number of rotatable bonds is 9. The second-order valence-corrected chi connectivity index (χ2v) is 14.2. The van der Waals surface area contributed by atoms with Gasteiger partial charge in [-0.15, -0.1) is 11.3 Å². The number of likely N-dealkylation sites (tertiary alicyclic amines) is 1. The normalized spacial score (nSPS) is 23.3. The molecule has 3 saturated heterocycles. The number of ether oxygens (including phenoxy) is 3. The lowest BCUT2D eigenvalue weighted by atomic mass is 9.92. The monoisotopic (exact) mass is 746 g/mol. The van der Waals surface area contributed by atoms with Crippen LogP contribution in [0.15, 0.2) is 30.9 Å². The first-order valence-corrected chi connectivity index (χ1v) is 17.2. The van der Waals surface area contributed by atoms with E-state index in [9.17, 15) is 32.0 Å². The quantitative estimate of drug-likeness (QED) is 0.153. The number of hydrogen-bond acceptors (Lipinski definition) is 10. The number of nitrogen functional groups attached to an aromatic ring is 1. The van der Waals surface area contributed by atoms with Gasteiger partial charge in [-0.25, -0.2) is 13.2 Å². The molecule has 0 radical (unpaired) electrons. The number of thiophene rings is 1. The summed E-state index contributed by atoms with van der Waals surface area (Å²) in [5.74, 6) is -3.18. The van der Waals surface area contributed by atoms with Crippen molar-refractivity contribution in [1.82, 2.24) is 19.8 Å². The van der Waals surface area contributed by atoms with Crippen molar-refractivity contribution in [3.05, 3.63) is 53.6 Å². The van der Waals surface area contributed by atoms with Crippen LogP contribution in [0, 0.1) is 23.0 Å². The van der Waals surface area contributed by atoms with Gasteiger partial charge in [-0.1, -0.05) is 12.6 Å². The van der Waals surface area contributed by atoms with Crippen LogP contribution in [0.1, 0.15) is 36.8 Å². The molecule has 0 spiro atoms. The predicted octanol–water partition coefficient (Wildman–Crippen LogP) is 6.40. The molecule has 0 bridgehead atoms. The van der Waals surface area contributed by atoms with Crippen LogP contribution >= 0.6 is 11.3 Å². The molecule has 2 N–H and O–H groups in total. The molecule has 52 heavy (non-hydrogen) atoms. The molecule has 274 valence electrons. The van der Waals surface area contributed by atoms with Gasteiger partial charge in [0.2, 0.25) is 11.8 Å². The van der Waals surface area contributed by atoms with Gasteiger partial charge < -0.3 is 24.8 Å². The van der Waals surface area contributed by atoms with Crippen LogP contribution in [0.5, 0.6) is 11.9 Å². The molecule has 2 aromatic carbocycles. The summed E-state index contributed by atoms with van der Waals surface area (Å²) in [7, 11) is 1.41. The molecular formula is C35H32F6N6O4S. The number of nitrogens with zero attached hydrogens (tertiary/aromatic N) is 5. The Morgan fingerprint density at radius 2 is 2.06 bits per heavy atom. The Morgan fingerprint density at radius 1 is 1.27 bits per heavy atom. The van der Waals surface area contributed by atoms with Crippen molar-refractivity contribution in [2.24, 2.45) is 0 Å². The van der Waals surface area contributed by atoms with E-state index in [2.05, 4.69) is 16.5 Å². The number of nitrogens with two attached hydrogens (primary N) is 1. The molecule has 2 aromatic heterocycles. The Bertz CT molecular complexity index is 2140. The zero-order chi connectivity index (χ0) is 37.1. The topological polar surface area (TPSA) is 127 Å². The lowest BCUT2D eigenvalue weighted by Gasteiger charge is -2.31. The van der Waals surface area contributed by atoms with Crippen molar-refractivity contribution in [1.29, 1.82) is 5.26 Å². The van der Waals surface area contributed by atoms with Crippen molar-refractivity contribution >= 4 is 43.2 Å². The van der Waals surface area contributed by atoms with Gasteiger partial charge in [0.1, 0.15) is 41.3 Å². The van der Waals surface area contributed by atoms with Crippen LogP contribution in [0.3, 0.4) is 0 Å². The first kappa shape index (κ1) is 35.7. The molecule has 10 nitrogen and oxygen atoms in total. The molecule has 4 aromatic rings. The van der Waals surface area contributed by atoms with Gasteiger partial charge in [-0.3, -0.25) is 9.69 Å². The minimum atomic E-state index is -5.18. The largest absolute Gasteiger partial charge is 0.471 e. The third-order valence-corrected chi connectivity index (χ3v) is 11.2. The fourth-order valence-corrected chi connectivity index (χ4v) is 8.79. The molecule has 0 aliphatic carbocycles. The number of alkyl halides is 4. The number of carbonyl (C=O) groups is 1. The minimum Gasteiger partial charge on any atom is -0.471 e. The third-order valence-electron chi connectivity index (χ3n) is 10.2. The second-order valence-electron chi connectivity index (χ2n) is 13.1. The van der Waals surface area contributed by atoms with Crippen LogP contribution in [0.4, 0.5) is 31.3 Å². The van der Waals surface area contributed by atoms with E-state index < -0.39 is 87.1 Å². The smallest absolute Gasteiger partial charge is 0.417 e. The molecule has 1 amide bonds. The van der Waals surface area contributed by atoms with E-state index in [4.69, 9.17) is 19.9 Å². The summed E-state index contributed by atoms with van der Waals surface area (Å²) in [6.45, 7) is 4.52. The molecular weight excluding hydrogens is 714 g/mol. The number of methoxy groups -OCH3 is 1. The number of aromatic nitrogens is 2. The molecule has 0 saturated carbocycles. The molecule has 4 atom stereocenters. The van der Waals surface area contributed by atoms with Crippen LogP contribution in [0.25, 0.3) is 32.1 Å². The van der Waals surface area contributed by atoms with Crippen molar-refractivity contribution in [3.63, 3.8) is 0 Å². The second kappa shape index (κ2) is 13.4. The molecule has 0 unspecified atom stereocenters. The van der Waals surface area contributed by atoms with Crippen molar-refractivity contribution < 1.29 is 45.3 Å². The highest BCUT2D eigenvalue weighted by Gasteiger charge is 2.49. The fraction of sp³-hybridized carbons (Fsp3) is 0.429. The molecule has 3 aliphatic heterocycles. The van der Waals surface area contributed by atoms with E-state index in [0.717, 1.165) is 24.6 Å². The van der Waals surface area contributed by atoms with Gasteiger partial charge in [0.25, 0.3) is 0 Å². The van der Waals surface area contributed by atoms with Crippen LogP contribution in [0.2, 0.25) is 0 Å². The number of anilines is 1. The Hall–Kier alpha value is -4.66. The molecule has 17 heteroatoms. The van der Waals surface area contributed by atoms with Gasteiger partial charge in [-0.2, -0.15) is 28.4 Å². The first-order chi connectivity index (χ1) is 24.8. The predicted molar refractivity (Wildman–Crippen MR) is 180 cm³/mol. The Kier molecular flexibility index (Phi) is 9.20. The number of fused-ring (bicyclic) bond motifs is 3. The van der Waals surface area contributed by atoms with Crippen molar-refractivity contribution in [3.8, 4) is 29.1 Å². The number of nitriles is 1.